The predicted octanol–water partition coefficient (Wildman–Crippen LogP) is 3.55. The van der Waals surface area contributed by atoms with E-state index in [2.05, 4.69) is 39.8 Å². The summed E-state index contributed by atoms with van der Waals surface area (Å²) in [6.45, 7) is 4.71. The maximum Gasteiger partial charge on any atom is 0.199 e. The SMILES string of the molecule is N#CCCN(CC1CCOC1)Cn1nc(C2CC2)n(Cc2ccccc2)c1=S. The zero-order valence-electron chi connectivity index (χ0n) is 16.2. The van der Waals surface area contributed by atoms with Gasteiger partial charge in [0.15, 0.2) is 4.77 Å². The summed E-state index contributed by atoms with van der Waals surface area (Å²) in [5.74, 6) is 2.17. The van der Waals surface area contributed by atoms with Gasteiger partial charge in [0.1, 0.15) is 5.82 Å². The van der Waals surface area contributed by atoms with E-state index in [0.29, 0.717) is 24.9 Å². The van der Waals surface area contributed by atoms with Crippen molar-refractivity contribution in [2.75, 3.05) is 26.3 Å². The maximum absolute atomic E-state index is 9.04. The second-order valence-electron chi connectivity index (χ2n) is 7.84. The lowest BCUT2D eigenvalue weighted by Crippen LogP contribution is -2.33. The molecular weight excluding hydrogens is 370 g/mol. The molecule has 2 fully saturated rings. The average molecular weight is 398 g/mol. The normalized spacial score (nSPS) is 19.2. The lowest BCUT2D eigenvalue weighted by Gasteiger charge is -2.23. The van der Waals surface area contributed by atoms with E-state index in [1.54, 1.807) is 0 Å². The van der Waals surface area contributed by atoms with Crippen LogP contribution in [-0.4, -0.2) is 45.6 Å². The summed E-state index contributed by atoms with van der Waals surface area (Å²) >= 11 is 5.82. The van der Waals surface area contributed by atoms with Crippen LogP contribution in [0.25, 0.3) is 0 Å². The van der Waals surface area contributed by atoms with Crippen molar-refractivity contribution in [3.63, 3.8) is 0 Å². The van der Waals surface area contributed by atoms with Gasteiger partial charge in [-0.1, -0.05) is 30.3 Å². The van der Waals surface area contributed by atoms with Crippen molar-refractivity contribution in [2.45, 2.75) is 44.8 Å². The molecule has 0 amide bonds. The molecule has 0 radical (unpaired) electrons. The highest BCUT2D eigenvalue weighted by Gasteiger charge is 2.30. The smallest absolute Gasteiger partial charge is 0.199 e. The van der Waals surface area contributed by atoms with Crippen molar-refractivity contribution in [1.82, 2.24) is 19.2 Å². The molecule has 1 saturated heterocycles. The van der Waals surface area contributed by atoms with E-state index in [1.165, 1.54) is 18.4 Å². The summed E-state index contributed by atoms with van der Waals surface area (Å²) in [6.07, 6.45) is 3.99. The highest BCUT2D eigenvalue weighted by molar-refractivity contribution is 7.71. The first-order chi connectivity index (χ1) is 13.7. The summed E-state index contributed by atoms with van der Waals surface area (Å²) in [7, 11) is 0. The third kappa shape index (κ3) is 4.69. The summed E-state index contributed by atoms with van der Waals surface area (Å²) in [5.41, 5.74) is 1.24. The van der Waals surface area contributed by atoms with Gasteiger partial charge in [-0.3, -0.25) is 9.47 Å². The van der Waals surface area contributed by atoms with E-state index in [-0.39, 0.29) is 0 Å². The van der Waals surface area contributed by atoms with Crippen LogP contribution < -0.4 is 0 Å². The minimum Gasteiger partial charge on any atom is -0.381 e. The zero-order chi connectivity index (χ0) is 19.3. The molecule has 4 rings (SSSR count). The van der Waals surface area contributed by atoms with E-state index >= 15 is 0 Å². The van der Waals surface area contributed by atoms with Crippen LogP contribution in [0, 0.1) is 22.0 Å². The van der Waals surface area contributed by atoms with E-state index in [1.807, 2.05) is 10.7 Å². The summed E-state index contributed by atoms with van der Waals surface area (Å²) in [4.78, 5) is 2.30. The van der Waals surface area contributed by atoms with Gasteiger partial charge >= 0.3 is 0 Å². The molecule has 1 aromatic heterocycles. The van der Waals surface area contributed by atoms with E-state index in [4.69, 9.17) is 27.3 Å². The molecule has 0 N–H and O–H groups in total. The highest BCUT2D eigenvalue weighted by atomic mass is 32.1. The minimum atomic E-state index is 0.515. The van der Waals surface area contributed by atoms with Crippen LogP contribution in [0.5, 0.6) is 0 Å². The number of benzene rings is 1. The Kier molecular flexibility index (Phi) is 6.20. The van der Waals surface area contributed by atoms with E-state index in [9.17, 15) is 0 Å². The fraction of sp³-hybridized carbons (Fsp3) is 0.571. The van der Waals surface area contributed by atoms with Crippen LogP contribution in [-0.2, 0) is 18.0 Å². The molecule has 0 bridgehead atoms. The van der Waals surface area contributed by atoms with Crippen LogP contribution in [0.4, 0.5) is 0 Å². The first kappa shape index (κ1) is 19.3. The number of nitrogens with zero attached hydrogens (tertiary/aromatic N) is 5. The lowest BCUT2D eigenvalue weighted by molar-refractivity contribution is 0.148. The third-order valence-electron chi connectivity index (χ3n) is 5.49. The fourth-order valence-corrected chi connectivity index (χ4v) is 4.07. The first-order valence-electron chi connectivity index (χ1n) is 10.1. The molecule has 6 nitrogen and oxygen atoms in total. The summed E-state index contributed by atoms with van der Waals surface area (Å²) < 4.78 is 10.5. The van der Waals surface area contributed by atoms with Gasteiger partial charge < -0.3 is 4.74 Å². The van der Waals surface area contributed by atoms with Crippen molar-refractivity contribution in [3.05, 3.63) is 46.5 Å². The molecular formula is C21H27N5OS. The average Bonchev–Trinajstić information content (AvgIpc) is 3.35. The van der Waals surface area contributed by atoms with Gasteiger partial charge in [-0.2, -0.15) is 10.4 Å². The number of hydrogen-bond acceptors (Lipinski definition) is 5. The molecule has 1 saturated carbocycles. The van der Waals surface area contributed by atoms with Gasteiger partial charge in [-0.25, -0.2) is 4.68 Å². The topological polar surface area (TPSA) is 59.0 Å². The highest BCUT2D eigenvalue weighted by Crippen LogP contribution is 2.39. The number of rotatable bonds is 9. The Morgan fingerprint density at radius 1 is 1.25 bits per heavy atom. The van der Waals surface area contributed by atoms with Crippen LogP contribution in [0.1, 0.15) is 43.0 Å². The third-order valence-corrected chi connectivity index (χ3v) is 5.92. The molecule has 2 heterocycles. The molecule has 1 aliphatic carbocycles. The second kappa shape index (κ2) is 8.99. The number of ether oxygens (including phenoxy) is 1. The fourth-order valence-electron chi connectivity index (χ4n) is 3.82. The standard InChI is InChI=1S/C21H27N5OS/c22-10-4-11-24(13-18-9-12-27-15-18)16-26-21(28)25(20(23-26)19-7-8-19)14-17-5-2-1-3-6-17/h1-3,5-6,18-19H,4,7-9,11-16H2. The van der Waals surface area contributed by atoms with Gasteiger partial charge in [0.25, 0.3) is 0 Å². The van der Waals surface area contributed by atoms with Crippen LogP contribution in [0.3, 0.4) is 0 Å². The second-order valence-corrected chi connectivity index (χ2v) is 8.21. The van der Waals surface area contributed by atoms with Gasteiger partial charge in [-0.15, -0.1) is 0 Å². The van der Waals surface area contributed by atoms with Gasteiger partial charge in [0.05, 0.1) is 25.9 Å². The number of nitriles is 1. The Hall–Kier alpha value is -2.01. The molecule has 2 aliphatic rings. The van der Waals surface area contributed by atoms with Crippen LogP contribution >= 0.6 is 12.2 Å². The van der Waals surface area contributed by atoms with Gasteiger partial charge in [-0.05, 0) is 43.0 Å². The Bertz CT molecular complexity index is 874. The monoisotopic (exact) mass is 397 g/mol. The first-order valence-corrected chi connectivity index (χ1v) is 10.5. The quantitative estimate of drug-likeness (QED) is 0.606. The summed E-state index contributed by atoms with van der Waals surface area (Å²) in [6, 6.07) is 12.7. The summed E-state index contributed by atoms with van der Waals surface area (Å²) in [5, 5.41) is 14.0. The number of hydrogen-bond donors (Lipinski definition) is 0. The molecule has 2 aromatic rings. The number of aromatic nitrogens is 3. The zero-order valence-corrected chi connectivity index (χ0v) is 17.0. The molecule has 1 aliphatic heterocycles. The molecule has 1 atom stereocenters. The van der Waals surface area contributed by atoms with Crippen LogP contribution in [0.15, 0.2) is 30.3 Å². The molecule has 1 aromatic carbocycles. The van der Waals surface area contributed by atoms with E-state index in [0.717, 1.165) is 49.9 Å². The lowest BCUT2D eigenvalue weighted by atomic mass is 10.1. The maximum atomic E-state index is 9.04. The Morgan fingerprint density at radius 3 is 2.75 bits per heavy atom. The van der Waals surface area contributed by atoms with Crippen molar-refractivity contribution in [3.8, 4) is 6.07 Å². The van der Waals surface area contributed by atoms with Crippen LogP contribution in [0.2, 0.25) is 0 Å². The Labute approximate surface area is 171 Å². The largest absolute Gasteiger partial charge is 0.381 e. The Balaban J connectivity index is 1.54. The molecule has 7 heteroatoms. The van der Waals surface area contributed by atoms with Gasteiger partial charge in [0, 0.05) is 32.0 Å². The van der Waals surface area contributed by atoms with Crippen molar-refractivity contribution >= 4 is 12.2 Å². The van der Waals surface area contributed by atoms with Crippen molar-refractivity contribution in [1.29, 1.82) is 5.26 Å². The minimum absolute atomic E-state index is 0.515. The van der Waals surface area contributed by atoms with Gasteiger partial charge in [0.2, 0.25) is 0 Å². The molecule has 148 valence electrons. The van der Waals surface area contributed by atoms with Crippen molar-refractivity contribution in [2.24, 2.45) is 5.92 Å². The Morgan fingerprint density at radius 2 is 2.07 bits per heavy atom. The predicted molar refractivity (Wildman–Crippen MR) is 109 cm³/mol. The molecule has 28 heavy (non-hydrogen) atoms. The van der Waals surface area contributed by atoms with Crippen molar-refractivity contribution < 1.29 is 4.74 Å². The molecule has 0 spiro atoms. The van der Waals surface area contributed by atoms with E-state index < -0.39 is 0 Å². The molecule has 1 unspecified atom stereocenters.